The molecule has 0 bridgehead atoms. The van der Waals surface area contributed by atoms with Crippen molar-refractivity contribution in [3.05, 3.63) is 41.5 Å². The van der Waals surface area contributed by atoms with Crippen LogP contribution >= 0.6 is 0 Å². The lowest BCUT2D eigenvalue weighted by atomic mass is 9.84. The largest absolute Gasteiger partial charge is 0.481 e. The number of hydrogen-bond donors (Lipinski definition) is 1. The number of aromatic nitrogens is 1. The zero-order valence-corrected chi connectivity index (χ0v) is 12.2. The number of carbonyl (C=O) groups is 1. The highest BCUT2D eigenvalue weighted by molar-refractivity contribution is 5.74. The topological polar surface area (TPSA) is 63.3 Å². The molecule has 4 nitrogen and oxygen atoms in total. The summed E-state index contributed by atoms with van der Waals surface area (Å²) in [6.45, 7) is 8.41. The first kappa shape index (κ1) is 14.3. The van der Waals surface area contributed by atoms with E-state index in [2.05, 4.69) is 37.9 Å². The Morgan fingerprint density at radius 3 is 2.65 bits per heavy atom. The van der Waals surface area contributed by atoms with E-state index in [9.17, 15) is 4.79 Å². The Bertz CT molecular complexity index is 635. The molecular weight excluding hydrogens is 254 g/mol. The van der Waals surface area contributed by atoms with Crippen LogP contribution in [-0.2, 0) is 16.6 Å². The van der Waals surface area contributed by atoms with Gasteiger partial charge in [-0.25, -0.2) is 4.98 Å². The summed E-state index contributed by atoms with van der Waals surface area (Å²) < 4.78 is 5.22. The molecule has 0 fully saturated rings. The molecule has 0 radical (unpaired) electrons. The summed E-state index contributed by atoms with van der Waals surface area (Å²) in [4.78, 5) is 15.1. The van der Waals surface area contributed by atoms with Gasteiger partial charge in [0.1, 0.15) is 17.9 Å². The molecule has 0 aliphatic carbocycles. The van der Waals surface area contributed by atoms with Crippen LogP contribution in [0.2, 0.25) is 0 Å². The minimum absolute atomic E-state index is 0.0269. The summed E-state index contributed by atoms with van der Waals surface area (Å²) in [5.41, 5.74) is 3.82. The van der Waals surface area contributed by atoms with Crippen LogP contribution in [0.25, 0.3) is 11.3 Å². The normalized spacial score (nSPS) is 11.6. The summed E-state index contributed by atoms with van der Waals surface area (Å²) in [6, 6.07) is 6.20. The highest BCUT2D eigenvalue weighted by Crippen LogP contribution is 2.31. The van der Waals surface area contributed by atoms with Gasteiger partial charge in [-0.1, -0.05) is 32.9 Å². The summed E-state index contributed by atoms with van der Waals surface area (Å²) in [7, 11) is 0. The Morgan fingerprint density at radius 1 is 1.35 bits per heavy atom. The average molecular weight is 273 g/mol. The summed E-state index contributed by atoms with van der Waals surface area (Å²) in [5, 5.41) is 8.92. The maximum Gasteiger partial charge on any atom is 0.311 e. The Labute approximate surface area is 118 Å². The number of rotatable bonds is 3. The molecule has 0 saturated carbocycles. The third-order valence-corrected chi connectivity index (χ3v) is 3.31. The predicted molar refractivity (Wildman–Crippen MR) is 76.7 cm³/mol. The molecule has 2 rings (SSSR count). The number of nitrogens with zero attached hydrogens (tertiary/aromatic N) is 1. The number of aliphatic carboxylic acids is 1. The van der Waals surface area contributed by atoms with Gasteiger partial charge in [0.05, 0.1) is 0 Å². The van der Waals surface area contributed by atoms with Crippen LogP contribution in [0.3, 0.4) is 0 Å². The molecule has 4 heteroatoms. The van der Waals surface area contributed by atoms with Gasteiger partial charge in [0, 0.05) is 5.56 Å². The van der Waals surface area contributed by atoms with Crippen LogP contribution in [0.5, 0.6) is 0 Å². The number of benzene rings is 1. The monoisotopic (exact) mass is 273 g/mol. The SMILES string of the molecule is Cc1ccc(C(C)(C)C)cc1-c1ncoc1CC(=O)O. The molecular formula is C16H19NO3. The molecule has 106 valence electrons. The Morgan fingerprint density at radius 2 is 2.05 bits per heavy atom. The second-order valence-electron chi connectivity index (χ2n) is 5.97. The fourth-order valence-corrected chi connectivity index (χ4v) is 2.10. The molecule has 0 atom stereocenters. The Balaban J connectivity index is 2.52. The fraction of sp³-hybridized carbons (Fsp3) is 0.375. The minimum Gasteiger partial charge on any atom is -0.481 e. The first-order valence-electron chi connectivity index (χ1n) is 6.54. The lowest BCUT2D eigenvalue weighted by molar-refractivity contribution is -0.136. The zero-order chi connectivity index (χ0) is 14.9. The zero-order valence-electron chi connectivity index (χ0n) is 12.2. The van der Waals surface area contributed by atoms with Crippen LogP contribution in [0.15, 0.2) is 29.0 Å². The molecule has 0 saturated heterocycles. The lowest BCUT2D eigenvalue weighted by Gasteiger charge is -2.20. The Hall–Kier alpha value is -2.10. The van der Waals surface area contributed by atoms with E-state index in [-0.39, 0.29) is 11.8 Å². The number of carboxylic acid groups (broad SMARTS) is 1. The number of carboxylic acids is 1. The van der Waals surface area contributed by atoms with Gasteiger partial charge in [-0.05, 0) is 29.5 Å². The minimum atomic E-state index is -0.923. The molecule has 1 N–H and O–H groups in total. The van der Waals surface area contributed by atoms with Gasteiger partial charge in [-0.2, -0.15) is 0 Å². The fourth-order valence-electron chi connectivity index (χ4n) is 2.10. The van der Waals surface area contributed by atoms with Crippen LogP contribution in [0.4, 0.5) is 0 Å². The van der Waals surface area contributed by atoms with Crippen molar-refractivity contribution >= 4 is 5.97 Å². The quantitative estimate of drug-likeness (QED) is 0.928. The van der Waals surface area contributed by atoms with Crippen LogP contribution < -0.4 is 0 Å². The molecule has 20 heavy (non-hydrogen) atoms. The standard InChI is InChI=1S/C16H19NO3/c1-10-5-6-11(16(2,3)4)7-12(10)15-13(8-14(18)19)20-9-17-15/h5-7,9H,8H2,1-4H3,(H,18,19). The number of hydrogen-bond acceptors (Lipinski definition) is 3. The van der Waals surface area contributed by atoms with Gasteiger partial charge in [-0.3, -0.25) is 4.79 Å². The smallest absolute Gasteiger partial charge is 0.311 e. The molecule has 0 unspecified atom stereocenters. The molecule has 1 heterocycles. The lowest BCUT2D eigenvalue weighted by Crippen LogP contribution is -2.11. The van der Waals surface area contributed by atoms with E-state index in [0.717, 1.165) is 11.1 Å². The van der Waals surface area contributed by atoms with E-state index in [0.29, 0.717) is 11.5 Å². The van der Waals surface area contributed by atoms with Gasteiger partial charge >= 0.3 is 5.97 Å². The predicted octanol–water partition coefficient (Wildman–Crippen LogP) is 3.57. The maximum absolute atomic E-state index is 10.9. The maximum atomic E-state index is 10.9. The van der Waals surface area contributed by atoms with Crippen molar-refractivity contribution in [1.82, 2.24) is 4.98 Å². The van der Waals surface area contributed by atoms with Crippen molar-refractivity contribution in [3.8, 4) is 11.3 Å². The van der Waals surface area contributed by atoms with Crippen molar-refractivity contribution in [2.45, 2.75) is 39.5 Å². The first-order valence-corrected chi connectivity index (χ1v) is 6.54. The van der Waals surface area contributed by atoms with Gasteiger partial charge in [0.2, 0.25) is 0 Å². The molecule has 1 aromatic heterocycles. The van der Waals surface area contributed by atoms with E-state index >= 15 is 0 Å². The van der Waals surface area contributed by atoms with E-state index < -0.39 is 5.97 Å². The van der Waals surface area contributed by atoms with Gasteiger partial charge in [0.25, 0.3) is 0 Å². The summed E-state index contributed by atoms with van der Waals surface area (Å²) in [5.74, 6) is -0.528. The molecule has 0 aliphatic heterocycles. The van der Waals surface area contributed by atoms with Gasteiger partial charge in [0.15, 0.2) is 6.39 Å². The van der Waals surface area contributed by atoms with E-state index in [4.69, 9.17) is 9.52 Å². The third-order valence-electron chi connectivity index (χ3n) is 3.31. The van der Waals surface area contributed by atoms with Crippen LogP contribution in [-0.4, -0.2) is 16.1 Å². The van der Waals surface area contributed by atoms with Crippen LogP contribution in [0, 0.1) is 6.92 Å². The van der Waals surface area contributed by atoms with Crippen molar-refractivity contribution in [2.24, 2.45) is 0 Å². The highest BCUT2D eigenvalue weighted by atomic mass is 16.4. The van der Waals surface area contributed by atoms with Crippen molar-refractivity contribution in [2.75, 3.05) is 0 Å². The first-order chi connectivity index (χ1) is 9.29. The molecule has 0 aliphatic rings. The second kappa shape index (κ2) is 5.12. The third kappa shape index (κ3) is 2.90. The molecule has 1 aromatic carbocycles. The van der Waals surface area contributed by atoms with E-state index in [1.165, 1.54) is 12.0 Å². The van der Waals surface area contributed by atoms with Gasteiger partial charge < -0.3 is 9.52 Å². The van der Waals surface area contributed by atoms with E-state index in [1.54, 1.807) is 0 Å². The van der Waals surface area contributed by atoms with Gasteiger partial charge in [-0.15, -0.1) is 0 Å². The molecule has 2 aromatic rings. The van der Waals surface area contributed by atoms with Crippen molar-refractivity contribution in [1.29, 1.82) is 0 Å². The summed E-state index contributed by atoms with van der Waals surface area (Å²) in [6.07, 6.45) is 1.14. The average Bonchev–Trinajstić information content (AvgIpc) is 2.75. The summed E-state index contributed by atoms with van der Waals surface area (Å²) >= 11 is 0. The number of aryl methyl sites for hydroxylation is 1. The molecule has 0 amide bonds. The molecule has 0 spiro atoms. The van der Waals surface area contributed by atoms with Crippen molar-refractivity contribution < 1.29 is 14.3 Å². The Kier molecular flexibility index (Phi) is 3.66. The van der Waals surface area contributed by atoms with E-state index in [1.807, 2.05) is 13.0 Å². The second-order valence-corrected chi connectivity index (χ2v) is 5.97. The van der Waals surface area contributed by atoms with Crippen LogP contribution in [0.1, 0.15) is 37.7 Å². The van der Waals surface area contributed by atoms with Crippen molar-refractivity contribution in [3.63, 3.8) is 0 Å². The highest BCUT2D eigenvalue weighted by Gasteiger charge is 2.19. The number of oxazole rings is 1.